The zero-order valence-corrected chi connectivity index (χ0v) is 15.9. The zero-order valence-electron chi connectivity index (χ0n) is 15.9. The SMILES string of the molecule is Cc1ccccc1OC(=O)Oc1c2c(c(O)c3ccccc13)C1CCC2C1C. The zero-order chi connectivity index (χ0) is 19.4. The molecule has 3 atom stereocenters. The molecule has 4 heteroatoms. The van der Waals surface area contributed by atoms with Gasteiger partial charge in [0.05, 0.1) is 0 Å². The largest absolute Gasteiger partial charge is 0.519 e. The van der Waals surface area contributed by atoms with Gasteiger partial charge in [0.1, 0.15) is 17.2 Å². The average Bonchev–Trinajstić information content (AvgIpc) is 3.20. The van der Waals surface area contributed by atoms with Crippen LogP contribution in [-0.4, -0.2) is 11.3 Å². The summed E-state index contributed by atoms with van der Waals surface area (Å²) < 4.78 is 11.3. The first kappa shape index (κ1) is 17.1. The summed E-state index contributed by atoms with van der Waals surface area (Å²) in [6.07, 6.45) is 1.38. The van der Waals surface area contributed by atoms with Gasteiger partial charge >= 0.3 is 6.16 Å². The van der Waals surface area contributed by atoms with E-state index >= 15 is 0 Å². The van der Waals surface area contributed by atoms with Crippen LogP contribution in [0.25, 0.3) is 10.8 Å². The monoisotopic (exact) mass is 374 g/mol. The molecule has 1 saturated carbocycles. The van der Waals surface area contributed by atoms with Crippen LogP contribution in [0.5, 0.6) is 17.2 Å². The number of phenolic OH excluding ortho intramolecular Hbond substituents is 1. The van der Waals surface area contributed by atoms with Crippen molar-refractivity contribution in [2.75, 3.05) is 0 Å². The van der Waals surface area contributed by atoms with E-state index in [0.717, 1.165) is 40.3 Å². The summed E-state index contributed by atoms with van der Waals surface area (Å²) in [5.41, 5.74) is 2.82. The van der Waals surface area contributed by atoms with E-state index in [1.54, 1.807) is 6.07 Å². The summed E-state index contributed by atoms with van der Waals surface area (Å²) in [7, 11) is 0. The second-order valence-electron chi connectivity index (χ2n) is 7.92. The van der Waals surface area contributed by atoms with Gasteiger partial charge in [0.15, 0.2) is 0 Å². The molecule has 2 bridgehead atoms. The van der Waals surface area contributed by atoms with Gasteiger partial charge < -0.3 is 14.6 Å². The molecule has 142 valence electrons. The highest BCUT2D eigenvalue weighted by Crippen LogP contribution is 2.63. The molecule has 3 aromatic carbocycles. The molecule has 2 aliphatic rings. The van der Waals surface area contributed by atoms with E-state index in [-0.39, 0.29) is 0 Å². The number of hydrogen-bond acceptors (Lipinski definition) is 4. The molecule has 0 amide bonds. The molecule has 0 heterocycles. The summed E-state index contributed by atoms with van der Waals surface area (Å²) in [4.78, 5) is 12.6. The van der Waals surface area contributed by atoms with Crippen LogP contribution in [0.15, 0.2) is 48.5 Å². The molecule has 1 N–H and O–H groups in total. The molecule has 0 saturated heterocycles. The van der Waals surface area contributed by atoms with Crippen LogP contribution in [-0.2, 0) is 0 Å². The lowest BCUT2D eigenvalue weighted by atomic mass is 9.87. The van der Waals surface area contributed by atoms with Crippen molar-refractivity contribution in [3.8, 4) is 17.2 Å². The highest BCUT2D eigenvalue weighted by Gasteiger charge is 2.47. The third-order valence-corrected chi connectivity index (χ3v) is 6.49. The predicted octanol–water partition coefficient (Wildman–Crippen LogP) is 6.04. The summed E-state index contributed by atoms with van der Waals surface area (Å²) in [6.45, 7) is 4.11. The molecule has 0 radical (unpaired) electrons. The Hall–Kier alpha value is -3.01. The van der Waals surface area contributed by atoms with E-state index in [9.17, 15) is 9.90 Å². The first-order chi connectivity index (χ1) is 13.6. The lowest BCUT2D eigenvalue weighted by Gasteiger charge is -2.22. The average molecular weight is 374 g/mol. The Morgan fingerprint density at radius 2 is 1.57 bits per heavy atom. The molecule has 5 rings (SSSR count). The highest BCUT2D eigenvalue weighted by atomic mass is 16.7. The lowest BCUT2D eigenvalue weighted by molar-refractivity contribution is 0.151. The van der Waals surface area contributed by atoms with E-state index in [1.165, 1.54) is 0 Å². The van der Waals surface area contributed by atoms with Crippen molar-refractivity contribution in [2.45, 2.75) is 38.5 Å². The maximum absolute atomic E-state index is 12.6. The third-order valence-electron chi connectivity index (χ3n) is 6.49. The van der Waals surface area contributed by atoms with E-state index < -0.39 is 6.16 Å². The summed E-state index contributed by atoms with van der Waals surface area (Å²) >= 11 is 0. The maximum atomic E-state index is 12.6. The normalized spacial score (nSPS) is 22.3. The minimum atomic E-state index is -0.747. The summed E-state index contributed by atoms with van der Waals surface area (Å²) in [5.74, 6) is 2.43. The Bertz CT molecular complexity index is 1100. The van der Waals surface area contributed by atoms with Crippen molar-refractivity contribution in [3.63, 3.8) is 0 Å². The fraction of sp³-hybridized carbons (Fsp3) is 0.292. The molecule has 3 unspecified atom stereocenters. The van der Waals surface area contributed by atoms with Gasteiger partial charge in [-0.25, -0.2) is 4.79 Å². The van der Waals surface area contributed by atoms with Crippen molar-refractivity contribution >= 4 is 16.9 Å². The number of carbonyl (C=O) groups is 1. The highest BCUT2D eigenvalue weighted by molar-refractivity contribution is 5.98. The lowest BCUT2D eigenvalue weighted by Crippen LogP contribution is -2.16. The van der Waals surface area contributed by atoms with Gasteiger partial charge in [-0.2, -0.15) is 0 Å². The summed E-state index contributed by atoms with van der Waals surface area (Å²) in [5, 5.41) is 12.4. The summed E-state index contributed by atoms with van der Waals surface area (Å²) in [6, 6.07) is 14.9. The number of fused-ring (bicyclic) bond motifs is 6. The molecule has 0 aliphatic heterocycles. The molecule has 3 aromatic rings. The Balaban J connectivity index is 1.61. The molecular formula is C24H22O4. The number of aromatic hydroxyl groups is 1. The van der Waals surface area contributed by atoms with Gasteiger partial charge in [0.25, 0.3) is 0 Å². The van der Waals surface area contributed by atoms with Gasteiger partial charge in [-0.05, 0) is 49.1 Å². The predicted molar refractivity (Wildman–Crippen MR) is 107 cm³/mol. The molecule has 28 heavy (non-hydrogen) atoms. The molecule has 0 spiro atoms. The topological polar surface area (TPSA) is 55.8 Å². The Morgan fingerprint density at radius 1 is 0.929 bits per heavy atom. The van der Waals surface area contributed by atoms with Crippen LogP contribution < -0.4 is 9.47 Å². The number of hydrogen-bond donors (Lipinski definition) is 1. The van der Waals surface area contributed by atoms with Gasteiger partial charge in [-0.3, -0.25) is 0 Å². The van der Waals surface area contributed by atoms with Gasteiger partial charge in [0, 0.05) is 21.9 Å². The minimum Gasteiger partial charge on any atom is -0.507 e. The smallest absolute Gasteiger partial charge is 0.507 e. The number of rotatable bonds is 2. The van der Waals surface area contributed by atoms with Crippen molar-refractivity contribution in [1.29, 1.82) is 0 Å². The van der Waals surface area contributed by atoms with Crippen LogP contribution in [0.2, 0.25) is 0 Å². The quantitative estimate of drug-likeness (QED) is 0.439. The van der Waals surface area contributed by atoms with Gasteiger partial charge in [-0.1, -0.05) is 49.4 Å². The van der Waals surface area contributed by atoms with Crippen molar-refractivity contribution < 1.29 is 19.4 Å². The number of para-hydroxylation sites is 1. The Kier molecular flexibility index (Phi) is 3.83. The first-order valence-corrected chi connectivity index (χ1v) is 9.79. The van der Waals surface area contributed by atoms with Crippen molar-refractivity contribution in [2.24, 2.45) is 5.92 Å². The third kappa shape index (κ3) is 2.40. The molecular weight excluding hydrogens is 352 g/mol. The van der Waals surface area contributed by atoms with Crippen molar-refractivity contribution in [3.05, 3.63) is 65.2 Å². The number of ether oxygens (including phenoxy) is 2. The second-order valence-corrected chi connectivity index (χ2v) is 7.92. The van der Waals surface area contributed by atoms with E-state index in [2.05, 4.69) is 6.92 Å². The standard InChI is InChI=1S/C24H22O4/c1-13-7-3-6-10-19(13)27-24(26)28-23-18-9-5-4-8-17(18)22(25)20-15-11-12-16(14(15)2)21(20)23/h3-10,14-16,25H,11-12H2,1-2H3. The maximum Gasteiger partial charge on any atom is 0.519 e. The Labute approximate surface area is 163 Å². The van der Waals surface area contributed by atoms with Crippen LogP contribution in [0.1, 0.15) is 48.3 Å². The minimum absolute atomic E-state index is 0.303. The number of carbonyl (C=O) groups excluding carboxylic acids is 1. The van der Waals surface area contributed by atoms with Gasteiger partial charge in [-0.15, -0.1) is 0 Å². The van der Waals surface area contributed by atoms with Crippen LogP contribution in [0, 0.1) is 12.8 Å². The van der Waals surface area contributed by atoms with E-state index in [4.69, 9.17) is 9.47 Å². The second kappa shape index (κ2) is 6.26. The molecule has 0 aromatic heterocycles. The molecule has 2 aliphatic carbocycles. The number of aryl methyl sites for hydroxylation is 1. The van der Waals surface area contributed by atoms with Gasteiger partial charge in [0.2, 0.25) is 0 Å². The van der Waals surface area contributed by atoms with Crippen LogP contribution >= 0.6 is 0 Å². The molecule has 4 nitrogen and oxygen atoms in total. The molecule has 1 fully saturated rings. The fourth-order valence-electron chi connectivity index (χ4n) is 5.13. The first-order valence-electron chi connectivity index (χ1n) is 9.79. The van der Waals surface area contributed by atoms with E-state index in [0.29, 0.717) is 35.0 Å². The van der Waals surface area contributed by atoms with Crippen LogP contribution in [0.4, 0.5) is 4.79 Å². The Morgan fingerprint density at radius 3 is 2.32 bits per heavy atom. The van der Waals surface area contributed by atoms with Crippen LogP contribution in [0.3, 0.4) is 0 Å². The van der Waals surface area contributed by atoms with Crippen molar-refractivity contribution in [1.82, 2.24) is 0 Å². The number of phenols is 1. The number of benzene rings is 3. The van der Waals surface area contributed by atoms with E-state index in [1.807, 2.05) is 49.4 Å². The fourth-order valence-corrected chi connectivity index (χ4v) is 5.13.